The summed E-state index contributed by atoms with van der Waals surface area (Å²) in [6.07, 6.45) is 0. The van der Waals surface area contributed by atoms with E-state index < -0.39 is 0 Å². The molecule has 1 aromatic heterocycles. The van der Waals surface area contributed by atoms with Crippen molar-refractivity contribution in [3.05, 3.63) is 27.4 Å². The van der Waals surface area contributed by atoms with E-state index in [2.05, 4.69) is 5.10 Å². The summed E-state index contributed by atoms with van der Waals surface area (Å²) in [5.74, 6) is 0. The van der Waals surface area contributed by atoms with Crippen LogP contribution in [0.3, 0.4) is 0 Å². The summed E-state index contributed by atoms with van der Waals surface area (Å²) < 4.78 is 1.30. The van der Waals surface area contributed by atoms with Gasteiger partial charge in [-0.1, -0.05) is 23.2 Å². The minimum atomic E-state index is 0.351. The third-order valence-electron chi connectivity index (χ3n) is 1.82. The molecule has 0 aliphatic heterocycles. The van der Waals surface area contributed by atoms with Crippen molar-refractivity contribution in [3.63, 3.8) is 0 Å². The lowest BCUT2D eigenvalue weighted by Gasteiger charge is -1.95. The second-order valence-corrected chi connectivity index (χ2v) is 3.39. The van der Waals surface area contributed by atoms with Gasteiger partial charge in [-0.15, -0.1) is 4.68 Å². The first kappa shape index (κ1) is 8.59. The van der Waals surface area contributed by atoms with Crippen LogP contribution in [0.4, 0.5) is 0 Å². The smallest absolute Gasteiger partial charge is 0.165 e. The van der Waals surface area contributed by atoms with E-state index in [9.17, 15) is 5.21 Å². The van der Waals surface area contributed by atoms with Gasteiger partial charge in [-0.05, 0) is 12.1 Å². The largest absolute Gasteiger partial charge is 0.571 e. The van der Waals surface area contributed by atoms with Gasteiger partial charge in [0, 0.05) is 10.1 Å². The van der Waals surface area contributed by atoms with Crippen molar-refractivity contribution >= 4 is 34.2 Å². The topological polar surface area (TPSA) is 44.8 Å². The molecule has 0 amide bonds. The minimum absolute atomic E-state index is 0.351. The molecular weight excluding hydrogens is 213 g/mol. The van der Waals surface area contributed by atoms with Crippen molar-refractivity contribution in [2.24, 2.45) is 7.05 Å². The van der Waals surface area contributed by atoms with Crippen molar-refractivity contribution in [2.45, 2.75) is 0 Å². The maximum Gasteiger partial charge on any atom is 0.165 e. The molecule has 6 heteroatoms. The quantitative estimate of drug-likeness (QED) is 0.497. The van der Waals surface area contributed by atoms with Gasteiger partial charge in [-0.2, -0.15) is 0 Å². The number of nitrogens with zero attached hydrogens (tertiary/aromatic N) is 3. The van der Waals surface area contributed by atoms with Crippen LogP contribution in [-0.2, 0) is 7.05 Å². The molecule has 1 heterocycles. The Bertz CT molecular complexity index is 480. The molecule has 0 aliphatic carbocycles. The molecule has 0 spiro atoms. The van der Waals surface area contributed by atoms with E-state index >= 15 is 0 Å². The van der Waals surface area contributed by atoms with Gasteiger partial charge in [-0.3, -0.25) is 0 Å². The fourth-order valence-electron chi connectivity index (χ4n) is 1.16. The summed E-state index contributed by atoms with van der Waals surface area (Å²) in [6.45, 7) is 0. The molecule has 0 fully saturated rings. The summed E-state index contributed by atoms with van der Waals surface area (Å²) >= 11 is 11.7. The summed E-state index contributed by atoms with van der Waals surface area (Å²) in [4.78, 5) is 0.465. The van der Waals surface area contributed by atoms with Crippen molar-refractivity contribution < 1.29 is 4.96 Å². The Morgan fingerprint density at radius 2 is 2.15 bits per heavy atom. The molecule has 4 nitrogen and oxygen atoms in total. The molecule has 0 atom stereocenters. The Morgan fingerprint density at radius 1 is 1.46 bits per heavy atom. The SMILES string of the molecule is Cn1c2c(Cl)c(Cl)ccc2n[n+]1[O-]. The maximum atomic E-state index is 11.1. The van der Waals surface area contributed by atoms with Crippen LogP contribution in [0, 0.1) is 5.21 Å². The first-order valence-electron chi connectivity index (χ1n) is 3.52. The molecule has 2 aromatic rings. The van der Waals surface area contributed by atoms with Gasteiger partial charge < -0.3 is 5.21 Å². The number of hydrogen-bond donors (Lipinski definition) is 0. The van der Waals surface area contributed by atoms with Gasteiger partial charge in [0.2, 0.25) is 0 Å². The van der Waals surface area contributed by atoms with Crippen LogP contribution in [0.15, 0.2) is 12.1 Å². The lowest BCUT2D eigenvalue weighted by atomic mass is 10.3. The lowest BCUT2D eigenvalue weighted by Crippen LogP contribution is -2.38. The summed E-state index contributed by atoms with van der Waals surface area (Å²) in [6, 6.07) is 3.26. The van der Waals surface area contributed by atoms with E-state index in [1.807, 2.05) is 0 Å². The zero-order chi connectivity index (χ0) is 9.59. The van der Waals surface area contributed by atoms with Crippen molar-refractivity contribution in [1.82, 2.24) is 9.78 Å². The van der Waals surface area contributed by atoms with Crippen LogP contribution in [-0.4, -0.2) is 9.78 Å². The standard InChI is InChI=1S/C7H5Cl2N3O/c1-11-7-5(10-12(11)13)3-2-4(8)6(7)9/h2-3H,1H3. The van der Waals surface area contributed by atoms with Gasteiger partial charge in [0.1, 0.15) is 0 Å². The first-order valence-corrected chi connectivity index (χ1v) is 4.27. The predicted octanol–water partition coefficient (Wildman–Crippen LogP) is 1.51. The average Bonchev–Trinajstić information content (AvgIpc) is 2.37. The maximum absolute atomic E-state index is 11.1. The van der Waals surface area contributed by atoms with Crippen molar-refractivity contribution in [3.8, 4) is 0 Å². The molecule has 0 radical (unpaired) electrons. The number of halogens is 2. The van der Waals surface area contributed by atoms with E-state index in [0.717, 1.165) is 0 Å². The van der Waals surface area contributed by atoms with Gasteiger partial charge >= 0.3 is 0 Å². The Balaban J connectivity index is 2.97. The summed E-state index contributed by atoms with van der Waals surface area (Å²) in [5, 5.41) is 15.5. The molecule has 13 heavy (non-hydrogen) atoms. The number of hydrogen-bond acceptors (Lipinski definition) is 2. The summed E-state index contributed by atoms with van der Waals surface area (Å²) in [7, 11) is 1.57. The molecule has 0 aliphatic rings. The third-order valence-corrected chi connectivity index (χ3v) is 2.62. The molecule has 0 bridgehead atoms. The monoisotopic (exact) mass is 217 g/mol. The first-order chi connectivity index (χ1) is 6.11. The Hall–Kier alpha value is -1.00. The molecule has 0 unspecified atom stereocenters. The van der Waals surface area contributed by atoms with E-state index in [0.29, 0.717) is 26.0 Å². The highest BCUT2D eigenvalue weighted by Crippen LogP contribution is 2.28. The third kappa shape index (κ3) is 1.14. The van der Waals surface area contributed by atoms with Gasteiger partial charge in [0.05, 0.1) is 17.1 Å². The summed E-state index contributed by atoms with van der Waals surface area (Å²) in [5.41, 5.74) is 1.08. The second kappa shape index (κ2) is 2.75. The van der Waals surface area contributed by atoms with E-state index in [-0.39, 0.29) is 0 Å². The molecule has 1 aromatic carbocycles. The number of benzene rings is 1. The van der Waals surface area contributed by atoms with E-state index in [1.54, 1.807) is 19.2 Å². The zero-order valence-corrected chi connectivity index (χ0v) is 8.17. The molecule has 0 saturated heterocycles. The fourth-order valence-corrected chi connectivity index (χ4v) is 1.60. The molecule has 0 saturated carbocycles. The highest BCUT2D eigenvalue weighted by molar-refractivity contribution is 6.44. The normalized spacial score (nSPS) is 11.0. The Morgan fingerprint density at radius 3 is 2.85 bits per heavy atom. The van der Waals surface area contributed by atoms with Crippen LogP contribution < -0.4 is 4.96 Å². The van der Waals surface area contributed by atoms with Crippen LogP contribution in [0.25, 0.3) is 11.0 Å². The highest BCUT2D eigenvalue weighted by Gasteiger charge is 2.15. The highest BCUT2D eigenvalue weighted by atomic mass is 35.5. The zero-order valence-electron chi connectivity index (χ0n) is 6.66. The van der Waals surface area contributed by atoms with Crippen LogP contribution in [0.2, 0.25) is 10.0 Å². The minimum Gasteiger partial charge on any atom is -0.571 e. The number of fused-ring (bicyclic) bond motifs is 1. The van der Waals surface area contributed by atoms with Crippen LogP contribution in [0.1, 0.15) is 0 Å². The number of aryl methyl sites for hydroxylation is 1. The predicted molar refractivity (Wildman–Crippen MR) is 49.7 cm³/mol. The number of rotatable bonds is 0. The lowest BCUT2D eigenvalue weighted by molar-refractivity contribution is -0.744. The Labute approximate surface area is 83.8 Å². The van der Waals surface area contributed by atoms with Crippen LogP contribution in [0.5, 0.6) is 0 Å². The molecular formula is C7H5Cl2N3O. The number of aromatic nitrogens is 3. The Kier molecular flexibility index (Phi) is 1.82. The van der Waals surface area contributed by atoms with E-state index in [1.165, 1.54) is 4.68 Å². The molecule has 0 N–H and O–H groups in total. The average molecular weight is 218 g/mol. The van der Waals surface area contributed by atoms with Gasteiger partial charge in [0.25, 0.3) is 0 Å². The van der Waals surface area contributed by atoms with Gasteiger partial charge in [-0.25, -0.2) is 0 Å². The van der Waals surface area contributed by atoms with Gasteiger partial charge in [0.15, 0.2) is 11.0 Å². The van der Waals surface area contributed by atoms with Crippen LogP contribution >= 0.6 is 23.2 Å². The second-order valence-electron chi connectivity index (χ2n) is 2.61. The molecule has 2 rings (SSSR count). The van der Waals surface area contributed by atoms with E-state index in [4.69, 9.17) is 23.2 Å². The van der Waals surface area contributed by atoms with Crippen molar-refractivity contribution in [2.75, 3.05) is 0 Å². The fraction of sp³-hybridized carbons (Fsp3) is 0.143. The van der Waals surface area contributed by atoms with Crippen molar-refractivity contribution in [1.29, 1.82) is 0 Å². The molecule has 68 valence electrons.